The normalized spacial score (nSPS) is 5.08. The Morgan fingerprint density at radius 3 is 1.00 bits per heavy atom. The van der Waals surface area contributed by atoms with E-state index in [9.17, 15) is 0 Å². The zero-order valence-corrected chi connectivity index (χ0v) is 12.1. The standard InChI is InChI=1S/2C2H4OS2.2CH4.Sn/c2*1-3-2(4)5;;;/h2*1H3,(H,4,5);2*1H4;/q;;;;+2/p-2. The topological polar surface area (TPSA) is 18.5 Å². The van der Waals surface area contributed by atoms with Crippen molar-refractivity contribution < 1.29 is 9.47 Å². The van der Waals surface area contributed by atoms with E-state index in [1.54, 1.807) is 0 Å². The zero-order valence-electron chi connectivity index (χ0n) is 5.95. The monoisotopic (exact) mass is 366 g/mol. The van der Waals surface area contributed by atoms with Crippen LogP contribution >= 0.6 is 24.4 Å². The Bertz CT molecular complexity index is 107. The molecule has 0 saturated carbocycles. The van der Waals surface area contributed by atoms with Crippen molar-refractivity contribution in [2.45, 2.75) is 14.9 Å². The third kappa shape index (κ3) is 62.8. The predicted molar refractivity (Wildman–Crippen MR) is 73.2 cm³/mol. The van der Waals surface area contributed by atoms with Gasteiger partial charge < -0.3 is 59.2 Å². The number of thiocarbonyl (C=S) groups is 2. The van der Waals surface area contributed by atoms with Crippen LogP contribution < -0.4 is 0 Å². The number of hydrogen-bond donors (Lipinski definition) is 0. The summed E-state index contributed by atoms with van der Waals surface area (Å²) >= 11 is 17.2. The molecular weight excluding hydrogens is 351 g/mol. The Balaban J connectivity index is -0.0000000267. The van der Waals surface area contributed by atoms with Crippen LogP contribution in [0.5, 0.6) is 0 Å². The van der Waals surface area contributed by atoms with E-state index < -0.39 is 0 Å². The van der Waals surface area contributed by atoms with Crippen LogP contribution in [0.2, 0.25) is 0 Å². The molecule has 7 heteroatoms. The first kappa shape index (κ1) is 29.2. The van der Waals surface area contributed by atoms with Gasteiger partial charge in [0, 0.05) is 8.77 Å². The minimum absolute atomic E-state index is 0. The summed E-state index contributed by atoms with van der Waals surface area (Å²) in [6.07, 6.45) is 0. The zero-order chi connectivity index (χ0) is 8.57. The first-order chi connectivity index (χ1) is 4.54. The molecule has 0 amide bonds. The maximum Gasteiger partial charge on any atom is 2.00 e. The summed E-state index contributed by atoms with van der Waals surface area (Å²) in [6, 6.07) is 0. The molecule has 0 saturated heterocycles. The minimum Gasteiger partial charge on any atom is -0.517 e. The summed E-state index contributed by atoms with van der Waals surface area (Å²) in [5, 5.41) is 0. The minimum atomic E-state index is 0. The maximum atomic E-state index is 4.30. The summed E-state index contributed by atoms with van der Waals surface area (Å²) < 4.78 is 8.94. The van der Waals surface area contributed by atoms with Crippen molar-refractivity contribution in [2.75, 3.05) is 14.2 Å². The molecule has 0 aromatic heterocycles. The van der Waals surface area contributed by atoms with E-state index in [-0.39, 0.29) is 47.5 Å². The SMILES string of the molecule is C.C.COC(=S)[S-].COC(=S)[S-].[Sn+2]. The third-order valence-corrected chi connectivity index (χ3v) is 1.00. The van der Waals surface area contributed by atoms with E-state index in [0.717, 1.165) is 0 Å². The number of ether oxygens (including phenoxy) is 2. The molecule has 0 bridgehead atoms. The second kappa shape index (κ2) is 23.1. The molecule has 2 radical (unpaired) electrons. The van der Waals surface area contributed by atoms with Gasteiger partial charge in [0.25, 0.3) is 0 Å². The Morgan fingerprint density at radius 1 is 0.923 bits per heavy atom. The molecule has 0 spiro atoms. The van der Waals surface area contributed by atoms with Gasteiger partial charge >= 0.3 is 23.9 Å². The molecule has 0 aromatic carbocycles. The van der Waals surface area contributed by atoms with Crippen LogP contribution in [-0.4, -0.2) is 46.9 Å². The molecule has 0 rings (SSSR count). The molecule has 13 heavy (non-hydrogen) atoms. The van der Waals surface area contributed by atoms with Crippen molar-refractivity contribution in [3.63, 3.8) is 0 Å². The van der Waals surface area contributed by atoms with E-state index in [0.29, 0.717) is 0 Å². The molecule has 0 fully saturated rings. The molecule has 0 N–H and O–H groups in total. The predicted octanol–water partition coefficient (Wildman–Crippen LogP) is 1.82. The van der Waals surface area contributed by atoms with Gasteiger partial charge in [-0.25, -0.2) is 0 Å². The largest absolute Gasteiger partial charge is 2.00 e. The van der Waals surface area contributed by atoms with Crippen LogP contribution in [0.3, 0.4) is 0 Å². The third-order valence-electron chi connectivity index (χ3n) is 0.333. The second-order valence-electron chi connectivity index (χ2n) is 0.908. The van der Waals surface area contributed by atoms with E-state index in [1.165, 1.54) is 14.2 Å². The number of methoxy groups -OCH3 is 2. The van der Waals surface area contributed by atoms with Gasteiger partial charge in [-0.1, -0.05) is 14.9 Å². The van der Waals surface area contributed by atoms with Gasteiger partial charge in [0.05, 0.1) is 14.2 Å². The van der Waals surface area contributed by atoms with E-state index >= 15 is 0 Å². The fourth-order valence-electron chi connectivity index (χ4n) is 0. The average molecular weight is 365 g/mol. The van der Waals surface area contributed by atoms with E-state index in [1.807, 2.05) is 0 Å². The maximum absolute atomic E-state index is 4.30. The van der Waals surface area contributed by atoms with E-state index in [4.69, 9.17) is 0 Å². The van der Waals surface area contributed by atoms with Crippen LogP contribution in [0, 0.1) is 0 Å². The summed E-state index contributed by atoms with van der Waals surface area (Å²) in [7, 11) is 2.91. The van der Waals surface area contributed by atoms with Gasteiger partial charge in [0.15, 0.2) is 0 Å². The molecule has 0 aliphatic carbocycles. The second-order valence-corrected chi connectivity index (χ2v) is 2.91. The first-order valence-corrected chi connectivity index (χ1v) is 3.67. The van der Waals surface area contributed by atoms with Gasteiger partial charge in [-0.2, -0.15) is 0 Å². The molecule has 0 aliphatic rings. The van der Waals surface area contributed by atoms with Gasteiger partial charge in [0.2, 0.25) is 0 Å². The summed E-state index contributed by atoms with van der Waals surface area (Å²) in [5.41, 5.74) is 0. The van der Waals surface area contributed by atoms with Crippen molar-refractivity contribution >= 4 is 82.4 Å². The fourth-order valence-corrected chi connectivity index (χ4v) is 0. The summed E-state index contributed by atoms with van der Waals surface area (Å²) in [6.45, 7) is 0. The molecular formula is C6H14O2S4Sn. The molecule has 0 aromatic rings. The van der Waals surface area contributed by atoms with Crippen molar-refractivity contribution in [1.82, 2.24) is 0 Å². The van der Waals surface area contributed by atoms with E-state index in [2.05, 4.69) is 59.2 Å². The van der Waals surface area contributed by atoms with Crippen LogP contribution in [0.25, 0.3) is 0 Å². The Hall–Kier alpha value is 1.02. The quantitative estimate of drug-likeness (QED) is 0.368. The Kier molecular flexibility index (Phi) is 52.0. The smallest absolute Gasteiger partial charge is 0.517 e. The Morgan fingerprint density at radius 2 is 1.00 bits per heavy atom. The number of hydrogen-bond acceptors (Lipinski definition) is 6. The van der Waals surface area contributed by atoms with Crippen LogP contribution in [-0.2, 0) is 34.7 Å². The molecule has 0 atom stereocenters. The molecule has 0 unspecified atom stereocenters. The molecule has 0 aliphatic heterocycles. The summed E-state index contributed by atoms with van der Waals surface area (Å²) in [5.74, 6) is 0. The van der Waals surface area contributed by atoms with Gasteiger partial charge in [-0.05, 0) is 0 Å². The van der Waals surface area contributed by atoms with Gasteiger partial charge in [0.1, 0.15) is 0 Å². The van der Waals surface area contributed by atoms with Gasteiger partial charge in [-0.15, -0.1) is 0 Å². The molecule has 0 heterocycles. The van der Waals surface area contributed by atoms with Crippen LogP contribution in [0.15, 0.2) is 0 Å². The fraction of sp³-hybridized carbons (Fsp3) is 0.667. The van der Waals surface area contributed by atoms with Crippen LogP contribution in [0.4, 0.5) is 0 Å². The van der Waals surface area contributed by atoms with Crippen molar-refractivity contribution in [3.05, 3.63) is 0 Å². The van der Waals surface area contributed by atoms with Crippen molar-refractivity contribution in [2.24, 2.45) is 0 Å². The number of rotatable bonds is 0. The molecule has 2 nitrogen and oxygen atoms in total. The van der Waals surface area contributed by atoms with Crippen molar-refractivity contribution in [3.8, 4) is 0 Å². The Labute approximate surface area is 120 Å². The average Bonchev–Trinajstić information content (AvgIpc) is 1.89. The molecule has 78 valence electrons. The summed E-state index contributed by atoms with van der Waals surface area (Å²) in [4.78, 5) is 0. The van der Waals surface area contributed by atoms with Crippen molar-refractivity contribution in [1.29, 1.82) is 0 Å². The van der Waals surface area contributed by atoms with Crippen LogP contribution in [0.1, 0.15) is 14.9 Å². The van der Waals surface area contributed by atoms with Gasteiger partial charge in [-0.3, -0.25) is 0 Å². The first-order valence-electron chi connectivity index (χ1n) is 2.04.